The first-order chi connectivity index (χ1) is 7.89. The number of rotatable bonds is 1. The van der Waals surface area contributed by atoms with Gasteiger partial charge in [0.2, 0.25) is 5.95 Å². The van der Waals surface area contributed by atoms with Gasteiger partial charge in [-0.25, -0.2) is 4.98 Å². The van der Waals surface area contributed by atoms with Crippen LogP contribution in [0.4, 0.5) is 19.1 Å². The van der Waals surface area contributed by atoms with E-state index in [1.165, 1.54) is 22.9 Å². The summed E-state index contributed by atoms with van der Waals surface area (Å²) in [5, 5.41) is 0. The fourth-order valence-electron chi connectivity index (χ4n) is 1.40. The monoisotopic (exact) mass is 305 g/mol. The lowest BCUT2D eigenvalue weighted by atomic mass is 10.2. The first kappa shape index (κ1) is 12.0. The molecule has 0 bridgehead atoms. The number of anilines is 1. The smallest absolute Gasteiger partial charge is 0.369 e. The number of imidazole rings is 1. The van der Waals surface area contributed by atoms with Crippen molar-refractivity contribution in [2.75, 3.05) is 5.73 Å². The number of aromatic nitrogens is 2. The number of benzene rings is 1. The molecule has 3 nitrogen and oxygen atoms in total. The molecule has 7 heteroatoms. The Kier molecular flexibility index (Phi) is 2.86. The van der Waals surface area contributed by atoms with Crippen LogP contribution in [0.25, 0.3) is 5.69 Å². The normalized spacial score (nSPS) is 11.8. The summed E-state index contributed by atoms with van der Waals surface area (Å²) in [5.74, 6) is 0.205. The maximum atomic E-state index is 12.4. The molecule has 2 rings (SSSR count). The lowest BCUT2D eigenvalue weighted by Crippen LogP contribution is -2.06. The van der Waals surface area contributed by atoms with E-state index < -0.39 is 11.7 Å². The minimum atomic E-state index is -4.34. The Morgan fingerprint density at radius 1 is 1.18 bits per heavy atom. The third kappa shape index (κ3) is 2.28. The van der Waals surface area contributed by atoms with E-state index in [-0.39, 0.29) is 5.95 Å². The molecule has 0 saturated heterocycles. The number of hydrogen-bond donors (Lipinski definition) is 1. The van der Waals surface area contributed by atoms with Gasteiger partial charge in [0.05, 0.1) is 11.8 Å². The molecule has 0 spiro atoms. The molecule has 0 unspecified atom stereocenters. The maximum absolute atomic E-state index is 12.4. The molecule has 0 aliphatic carbocycles. The van der Waals surface area contributed by atoms with Gasteiger partial charge in [-0.1, -0.05) is 0 Å². The summed E-state index contributed by atoms with van der Waals surface area (Å²) in [5.41, 5.74) is 5.41. The molecule has 1 aromatic carbocycles. The van der Waals surface area contributed by atoms with E-state index in [0.717, 1.165) is 12.1 Å². The molecule has 0 fully saturated rings. The highest BCUT2D eigenvalue weighted by Gasteiger charge is 2.30. The summed E-state index contributed by atoms with van der Waals surface area (Å²) in [6.45, 7) is 0. The third-order valence-corrected chi connectivity index (χ3v) is 2.76. The van der Waals surface area contributed by atoms with Crippen LogP contribution < -0.4 is 5.73 Å². The number of nitrogen functional groups attached to an aromatic ring is 1. The molecule has 0 radical (unpaired) electrons. The minimum absolute atomic E-state index is 0.205. The Balaban J connectivity index is 2.43. The van der Waals surface area contributed by atoms with Crippen molar-refractivity contribution in [2.24, 2.45) is 0 Å². The molecule has 17 heavy (non-hydrogen) atoms. The van der Waals surface area contributed by atoms with Gasteiger partial charge in [-0.05, 0) is 40.2 Å². The van der Waals surface area contributed by atoms with Crippen LogP contribution in [0.1, 0.15) is 5.56 Å². The average molecular weight is 306 g/mol. The molecule has 0 amide bonds. The van der Waals surface area contributed by atoms with Gasteiger partial charge in [0.25, 0.3) is 0 Å². The van der Waals surface area contributed by atoms with E-state index in [1.54, 1.807) is 0 Å². The first-order valence-corrected chi connectivity index (χ1v) is 5.35. The van der Waals surface area contributed by atoms with Crippen molar-refractivity contribution in [3.05, 3.63) is 40.6 Å². The van der Waals surface area contributed by atoms with E-state index in [4.69, 9.17) is 5.73 Å². The Bertz CT molecular complexity index is 511. The van der Waals surface area contributed by atoms with E-state index in [1.807, 2.05) is 0 Å². The van der Waals surface area contributed by atoms with Crippen molar-refractivity contribution in [1.82, 2.24) is 9.55 Å². The van der Waals surface area contributed by atoms with Crippen LogP contribution in [-0.2, 0) is 6.18 Å². The molecule has 2 N–H and O–H groups in total. The second kappa shape index (κ2) is 4.06. The number of nitrogens with zero attached hydrogens (tertiary/aromatic N) is 2. The average Bonchev–Trinajstić information content (AvgIpc) is 2.58. The minimum Gasteiger partial charge on any atom is -0.369 e. The van der Waals surface area contributed by atoms with E-state index in [2.05, 4.69) is 20.9 Å². The number of halogens is 4. The van der Waals surface area contributed by atoms with E-state index in [0.29, 0.717) is 10.3 Å². The van der Waals surface area contributed by atoms with Crippen molar-refractivity contribution in [2.45, 2.75) is 6.18 Å². The van der Waals surface area contributed by atoms with Crippen molar-refractivity contribution in [3.63, 3.8) is 0 Å². The van der Waals surface area contributed by atoms with Gasteiger partial charge in [0.15, 0.2) is 0 Å². The van der Waals surface area contributed by atoms with Crippen LogP contribution in [-0.4, -0.2) is 9.55 Å². The Hall–Kier alpha value is -1.50. The fourth-order valence-corrected chi connectivity index (χ4v) is 1.89. The highest BCUT2D eigenvalue weighted by molar-refractivity contribution is 9.10. The molecule has 2 aromatic rings. The van der Waals surface area contributed by atoms with E-state index >= 15 is 0 Å². The molecular formula is C10H7BrF3N3. The van der Waals surface area contributed by atoms with Crippen molar-refractivity contribution in [1.29, 1.82) is 0 Å². The summed E-state index contributed by atoms with van der Waals surface area (Å²) in [4.78, 5) is 3.84. The summed E-state index contributed by atoms with van der Waals surface area (Å²) < 4.78 is 39.2. The molecular weight excluding hydrogens is 299 g/mol. The third-order valence-electron chi connectivity index (χ3n) is 2.20. The van der Waals surface area contributed by atoms with Crippen LogP contribution in [0.5, 0.6) is 0 Å². The molecule has 0 atom stereocenters. The van der Waals surface area contributed by atoms with Crippen LogP contribution in [0.2, 0.25) is 0 Å². The van der Waals surface area contributed by atoms with Gasteiger partial charge >= 0.3 is 6.18 Å². The standard InChI is InChI=1S/C10H7BrF3N3/c11-8-5-16-9(15)17(8)7-3-1-6(2-4-7)10(12,13)14/h1-5H,(H2,15,16). The van der Waals surface area contributed by atoms with E-state index in [9.17, 15) is 13.2 Å². The zero-order chi connectivity index (χ0) is 12.6. The Morgan fingerprint density at radius 3 is 2.18 bits per heavy atom. The SMILES string of the molecule is Nc1ncc(Br)n1-c1ccc(C(F)(F)F)cc1. The van der Waals surface area contributed by atoms with Crippen molar-refractivity contribution >= 4 is 21.9 Å². The second-order valence-corrected chi connectivity index (χ2v) is 4.13. The van der Waals surface area contributed by atoms with Crippen LogP contribution in [0.15, 0.2) is 35.1 Å². The molecule has 0 aliphatic rings. The van der Waals surface area contributed by atoms with Crippen LogP contribution >= 0.6 is 15.9 Å². The largest absolute Gasteiger partial charge is 0.416 e. The summed E-state index contributed by atoms with van der Waals surface area (Å²) in [7, 11) is 0. The maximum Gasteiger partial charge on any atom is 0.416 e. The predicted octanol–water partition coefficient (Wildman–Crippen LogP) is 3.24. The summed E-state index contributed by atoms with van der Waals surface area (Å²) in [6.07, 6.45) is -2.86. The van der Waals surface area contributed by atoms with Crippen molar-refractivity contribution in [3.8, 4) is 5.69 Å². The topological polar surface area (TPSA) is 43.8 Å². The zero-order valence-electron chi connectivity index (χ0n) is 8.37. The number of hydrogen-bond acceptors (Lipinski definition) is 2. The lowest BCUT2D eigenvalue weighted by molar-refractivity contribution is -0.137. The van der Waals surface area contributed by atoms with Crippen LogP contribution in [0, 0.1) is 0 Å². The van der Waals surface area contributed by atoms with Gasteiger partial charge in [0.1, 0.15) is 4.60 Å². The van der Waals surface area contributed by atoms with Gasteiger partial charge < -0.3 is 5.73 Å². The van der Waals surface area contributed by atoms with Crippen molar-refractivity contribution < 1.29 is 13.2 Å². The number of nitrogens with two attached hydrogens (primary N) is 1. The Labute approximate surface area is 103 Å². The van der Waals surface area contributed by atoms with Crippen LogP contribution in [0.3, 0.4) is 0 Å². The fraction of sp³-hybridized carbons (Fsp3) is 0.100. The van der Waals surface area contributed by atoms with Gasteiger partial charge in [-0.2, -0.15) is 13.2 Å². The van der Waals surface area contributed by atoms with Gasteiger partial charge in [0, 0.05) is 5.69 Å². The molecule has 0 saturated carbocycles. The first-order valence-electron chi connectivity index (χ1n) is 4.56. The predicted molar refractivity (Wildman–Crippen MR) is 60.7 cm³/mol. The zero-order valence-corrected chi connectivity index (χ0v) is 9.96. The highest BCUT2D eigenvalue weighted by Crippen LogP contribution is 2.30. The molecule has 0 aliphatic heterocycles. The molecule has 1 aromatic heterocycles. The van der Waals surface area contributed by atoms with Gasteiger partial charge in [-0.3, -0.25) is 4.57 Å². The quantitative estimate of drug-likeness (QED) is 0.879. The van der Waals surface area contributed by atoms with Gasteiger partial charge in [-0.15, -0.1) is 0 Å². The lowest BCUT2D eigenvalue weighted by Gasteiger charge is -2.09. The number of alkyl halides is 3. The summed E-state index contributed by atoms with van der Waals surface area (Å²) >= 11 is 3.21. The summed E-state index contributed by atoms with van der Waals surface area (Å²) in [6, 6.07) is 4.68. The molecule has 1 heterocycles. The second-order valence-electron chi connectivity index (χ2n) is 3.32. The highest BCUT2D eigenvalue weighted by atomic mass is 79.9. The molecule has 90 valence electrons. The Morgan fingerprint density at radius 2 is 1.76 bits per heavy atom.